The highest BCUT2D eigenvalue weighted by atomic mass is 15.3. The minimum Gasteiger partial charge on any atom is -0.326 e. The molecule has 0 aromatic heterocycles. The Labute approximate surface area is 90.7 Å². The zero-order chi connectivity index (χ0) is 11.1. The van der Waals surface area contributed by atoms with E-state index >= 15 is 0 Å². The predicted molar refractivity (Wildman–Crippen MR) is 64.7 cm³/mol. The molecular weight excluding hydrogens is 186 g/mol. The Morgan fingerprint density at radius 3 is 3.00 bits per heavy atom. The molecule has 1 aromatic carbocycles. The molecule has 0 saturated heterocycles. The molecule has 0 radical (unpaired) electrons. The van der Waals surface area contributed by atoms with Crippen molar-refractivity contribution in [3.63, 3.8) is 0 Å². The number of allylic oxidation sites excluding steroid dienone is 1. The van der Waals surface area contributed by atoms with Crippen molar-refractivity contribution in [3.8, 4) is 0 Å². The lowest BCUT2D eigenvalue weighted by Gasteiger charge is -2.05. The number of hydrogen-bond donors (Lipinski definition) is 2. The van der Waals surface area contributed by atoms with Gasteiger partial charge in [0, 0.05) is 20.0 Å². The molecule has 3 heteroatoms. The topological polar surface area (TPSA) is 50.4 Å². The van der Waals surface area contributed by atoms with Gasteiger partial charge in [0.25, 0.3) is 0 Å². The number of hydrogen-bond acceptors (Lipinski definition) is 3. The van der Waals surface area contributed by atoms with Crippen LogP contribution in [0.1, 0.15) is 17.5 Å². The molecule has 0 aliphatic carbocycles. The molecule has 0 atom stereocenters. The molecule has 15 heavy (non-hydrogen) atoms. The summed E-state index contributed by atoms with van der Waals surface area (Å²) in [5.74, 6) is 0. The van der Waals surface area contributed by atoms with Crippen LogP contribution in [0.4, 0.5) is 0 Å². The van der Waals surface area contributed by atoms with Crippen molar-refractivity contribution < 1.29 is 0 Å². The van der Waals surface area contributed by atoms with Gasteiger partial charge in [-0.25, -0.2) is 0 Å². The molecule has 0 aliphatic rings. The molecule has 1 rings (SSSR count). The monoisotopic (exact) mass is 203 g/mol. The van der Waals surface area contributed by atoms with E-state index in [0.29, 0.717) is 6.54 Å². The van der Waals surface area contributed by atoms with Gasteiger partial charge < -0.3 is 11.2 Å². The van der Waals surface area contributed by atoms with Crippen molar-refractivity contribution in [3.05, 3.63) is 48.0 Å². The summed E-state index contributed by atoms with van der Waals surface area (Å²) in [6.45, 7) is 4.27. The van der Waals surface area contributed by atoms with E-state index in [1.54, 1.807) is 7.05 Å². The Morgan fingerprint density at radius 1 is 1.60 bits per heavy atom. The van der Waals surface area contributed by atoms with Gasteiger partial charge in [-0.05, 0) is 17.2 Å². The maximum atomic E-state index is 5.59. The van der Waals surface area contributed by atoms with Crippen molar-refractivity contribution >= 4 is 5.71 Å². The van der Waals surface area contributed by atoms with E-state index in [0.717, 1.165) is 23.3 Å². The van der Waals surface area contributed by atoms with Crippen LogP contribution < -0.4 is 11.2 Å². The van der Waals surface area contributed by atoms with Crippen molar-refractivity contribution in [1.29, 1.82) is 0 Å². The molecular formula is C12H17N3. The minimum atomic E-state index is 0.550. The molecule has 0 amide bonds. The summed E-state index contributed by atoms with van der Waals surface area (Å²) in [5.41, 5.74) is 11.6. The van der Waals surface area contributed by atoms with Crippen LogP contribution in [0.3, 0.4) is 0 Å². The van der Waals surface area contributed by atoms with E-state index in [4.69, 9.17) is 5.73 Å². The van der Waals surface area contributed by atoms with Crippen LogP contribution in [0.25, 0.3) is 0 Å². The van der Waals surface area contributed by atoms with E-state index in [1.807, 2.05) is 24.3 Å². The third kappa shape index (κ3) is 3.22. The molecule has 1 aromatic rings. The Morgan fingerprint density at radius 2 is 2.40 bits per heavy atom. The molecule has 0 aliphatic heterocycles. The fourth-order valence-corrected chi connectivity index (χ4v) is 1.38. The van der Waals surface area contributed by atoms with Crippen molar-refractivity contribution in [1.82, 2.24) is 5.43 Å². The SMILES string of the molecule is C=CC/C(=N/NC)c1cccc(CN)c1. The minimum absolute atomic E-state index is 0.550. The van der Waals surface area contributed by atoms with Gasteiger partial charge in [0.15, 0.2) is 0 Å². The third-order valence-corrected chi connectivity index (χ3v) is 2.08. The molecule has 0 bridgehead atoms. The lowest BCUT2D eigenvalue weighted by Crippen LogP contribution is -2.07. The first-order valence-corrected chi connectivity index (χ1v) is 4.95. The average Bonchev–Trinajstić information content (AvgIpc) is 2.29. The van der Waals surface area contributed by atoms with E-state index in [2.05, 4.69) is 23.2 Å². The molecule has 0 saturated carbocycles. The van der Waals surface area contributed by atoms with Crippen LogP contribution in [-0.4, -0.2) is 12.8 Å². The fraction of sp³-hybridized carbons (Fsp3) is 0.250. The second-order valence-corrected chi connectivity index (χ2v) is 3.18. The van der Waals surface area contributed by atoms with Gasteiger partial charge in [-0.2, -0.15) is 5.10 Å². The van der Waals surface area contributed by atoms with Gasteiger partial charge in [0.1, 0.15) is 0 Å². The molecule has 0 fully saturated rings. The largest absolute Gasteiger partial charge is 0.326 e. The summed E-state index contributed by atoms with van der Waals surface area (Å²) in [4.78, 5) is 0. The van der Waals surface area contributed by atoms with Crippen LogP contribution in [0.15, 0.2) is 42.0 Å². The maximum Gasteiger partial charge on any atom is 0.0712 e. The first kappa shape index (κ1) is 11.5. The second-order valence-electron chi connectivity index (χ2n) is 3.18. The molecule has 3 N–H and O–H groups in total. The smallest absolute Gasteiger partial charge is 0.0712 e. The Kier molecular flexibility index (Phi) is 4.57. The molecule has 0 heterocycles. The molecule has 80 valence electrons. The van der Waals surface area contributed by atoms with Gasteiger partial charge >= 0.3 is 0 Å². The summed E-state index contributed by atoms with van der Waals surface area (Å²) >= 11 is 0. The van der Waals surface area contributed by atoms with Gasteiger partial charge in [-0.15, -0.1) is 6.58 Å². The average molecular weight is 203 g/mol. The van der Waals surface area contributed by atoms with Crippen LogP contribution in [0.5, 0.6) is 0 Å². The summed E-state index contributed by atoms with van der Waals surface area (Å²) in [5, 5.41) is 4.21. The summed E-state index contributed by atoms with van der Waals surface area (Å²) in [7, 11) is 1.79. The molecule has 3 nitrogen and oxygen atoms in total. The van der Waals surface area contributed by atoms with Crippen LogP contribution in [0.2, 0.25) is 0 Å². The highest BCUT2D eigenvalue weighted by Gasteiger charge is 2.02. The predicted octanol–water partition coefficient (Wildman–Crippen LogP) is 1.64. The second kappa shape index (κ2) is 5.98. The lowest BCUT2D eigenvalue weighted by atomic mass is 10.0. The highest BCUT2D eigenvalue weighted by molar-refractivity contribution is 6.01. The van der Waals surface area contributed by atoms with Crippen LogP contribution >= 0.6 is 0 Å². The zero-order valence-corrected chi connectivity index (χ0v) is 9.03. The fourth-order valence-electron chi connectivity index (χ4n) is 1.38. The van der Waals surface area contributed by atoms with Crippen LogP contribution in [0, 0.1) is 0 Å². The number of nitrogens with one attached hydrogen (secondary N) is 1. The van der Waals surface area contributed by atoms with E-state index in [9.17, 15) is 0 Å². The zero-order valence-electron chi connectivity index (χ0n) is 9.03. The quantitative estimate of drug-likeness (QED) is 0.434. The number of benzene rings is 1. The third-order valence-electron chi connectivity index (χ3n) is 2.08. The van der Waals surface area contributed by atoms with Gasteiger partial charge in [0.05, 0.1) is 5.71 Å². The van der Waals surface area contributed by atoms with Crippen molar-refractivity contribution in [2.45, 2.75) is 13.0 Å². The molecule has 0 spiro atoms. The van der Waals surface area contributed by atoms with Crippen molar-refractivity contribution in [2.24, 2.45) is 10.8 Å². The first-order chi connectivity index (χ1) is 7.31. The number of hydrazone groups is 1. The summed E-state index contributed by atoms with van der Waals surface area (Å²) in [6.07, 6.45) is 2.58. The highest BCUT2D eigenvalue weighted by Crippen LogP contribution is 2.08. The Balaban J connectivity index is 2.99. The van der Waals surface area contributed by atoms with Gasteiger partial charge in [-0.3, -0.25) is 0 Å². The van der Waals surface area contributed by atoms with Gasteiger partial charge in [-0.1, -0.05) is 24.3 Å². The number of nitrogens with zero attached hydrogens (tertiary/aromatic N) is 1. The van der Waals surface area contributed by atoms with Crippen molar-refractivity contribution in [2.75, 3.05) is 7.05 Å². The van der Waals surface area contributed by atoms with E-state index < -0.39 is 0 Å². The normalized spacial score (nSPS) is 11.2. The summed E-state index contributed by atoms with van der Waals surface area (Å²) < 4.78 is 0. The van der Waals surface area contributed by atoms with Crippen LogP contribution in [-0.2, 0) is 6.54 Å². The maximum absolute atomic E-state index is 5.59. The standard InChI is InChI=1S/C12H17N3/c1-3-5-12(15-14-2)11-7-4-6-10(8-11)9-13/h3-4,6-8,14H,1,5,9,13H2,2H3/b15-12-. The number of rotatable bonds is 5. The lowest BCUT2D eigenvalue weighted by molar-refractivity contribution is 0.896. The Bertz CT molecular complexity index is 356. The number of nitrogens with two attached hydrogens (primary N) is 1. The first-order valence-electron chi connectivity index (χ1n) is 4.95. The Hall–Kier alpha value is -1.61. The van der Waals surface area contributed by atoms with E-state index in [-0.39, 0.29) is 0 Å². The van der Waals surface area contributed by atoms with E-state index in [1.165, 1.54) is 0 Å². The van der Waals surface area contributed by atoms with Gasteiger partial charge in [0.2, 0.25) is 0 Å². The molecule has 0 unspecified atom stereocenters. The summed E-state index contributed by atoms with van der Waals surface area (Å²) in [6, 6.07) is 8.08.